The van der Waals surface area contributed by atoms with Gasteiger partial charge in [0.1, 0.15) is 0 Å². The first-order valence-electron chi connectivity index (χ1n) is 7.67. The van der Waals surface area contributed by atoms with Crippen LogP contribution in [-0.4, -0.2) is 35.1 Å². The van der Waals surface area contributed by atoms with Gasteiger partial charge >= 0.3 is 11.9 Å². The first kappa shape index (κ1) is 16.9. The lowest BCUT2D eigenvalue weighted by Gasteiger charge is -2.06. The molecule has 0 aromatic carbocycles. The lowest BCUT2D eigenvalue weighted by Crippen LogP contribution is -2.09. The molecule has 2 aromatic rings. The largest absolute Gasteiger partial charge is 0.462 e. The van der Waals surface area contributed by atoms with Crippen LogP contribution in [0.3, 0.4) is 0 Å². The van der Waals surface area contributed by atoms with Crippen molar-refractivity contribution < 1.29 is 19.1 Å². The Kier molecular flexibility index (Phi) is 5.26. The summed E-state index contributed by atoms with van der Waals surface area (Å²) in [5, 5.41) is 0. The summed E-state index contributed by atoms with van der Waals surface area (Å²) in [7, 11) is 0. The topological polar surface area (TPSA) is 84.2 Å². The molecule has 0 spiro atoms. The van der Waals surface area contributed by atoms with E-state index in [1.54, 1.807) is 26.2 Å². The Labute approximate surface area is 135 Å². The highest BCUT2D eigenvalue weighted by Gasteiger charge is 2.20. The van der Waals surface area contributed by atoms with E-state index in [-0.39, 0.29) is 11.9 Å². The molecular formula is C17H22N2O4. The fourth-order valence-corrected chi connectivity index (χ4v) is 2.52. The molecule has 2 rings (SSSR count). The van der Waals surface area contributed by atoms with Crippen LogP contribution in [0.1, 0.15) is 57.1 Å². The Morgan fingerprint density at radius 2 is 1.57 bits per heavy atom. The minimum Gasteiger partial charge on any atom is -0.462 e. The molecule has 124 valence electrons. The van der Waals surface area contributed by atoms with Gasteiger partial charge < -0.3 is 19.4 Å². The molecule has 0 amide bonds. The number of carbonyl (C=O) groups is 2. The van der Waals surface area contributed by atoms with E-state index in [1.807, 2.05) is 13.8 Å². The zero-order valence-electron chi connectivity index (χ0n) is 13.9. The fourth-order valence-electron chi connectivity index (χ4n) is 2.52. The fraction of sp³-hybridized carbons (Fsp3) is 0.412. The van der Waals surface area contributed by atoms with Crippen LogP contribution < -0.4 is 0 Å². The van der Waals surface area contributed by atoms with Crippen molar-refractivity contribution in [3.05, 3.63) is 46.0 Å². The standard InChI is InChI=1S/C17H22N2O4/c1-5-22-16(20)12-9-19-13(11(12)4)7-14-15(10(3)8-18-14)17(21)23-6-2/h8-9,18-19H,5-7H2,1-4H3. The van der Waals surface area contributed by atoms with Crippen LogP contribution in [0, 0.1) is 13.8 Å². The van der Waals surface area contributed by atoms with E-state index in [4.69, 9.17) is 9.47 Å². The van der Waals surface area contributed by atoms with Gasteiger partial charge in [0, 0.05) is 30.2 Å². The Hall–Kier alpha value is -2.50. The number of hydrogen-bond donors (Lipinski definition) is 2. The summed E-state index contributed by atoms with van der Waals surface area (Å²) in [4.78, 5) is 30.2. The number of carbonyl (C=O) groups excluding carboxylic acids is 2. The molecule has 0 bridgehead atoms. The maximum Gasteiger partial charge on any atom is 0.340 e. The number of nitrogens with one attached hydrogen (secondary N) is 2. The van der Waals surface area contributed by atoms with Crippen molar-refractivity contribution in [1.29, 1.82) is 0 Å². The van der Waals surface area contributed by atoms with Crippen molar-refractivity contribution in [2.24, 2.45) is 0 Å². The zero-order valence-corrected chi connectivity index (χ0v) is 13.9. The quantitative estimate of drug-likeness (QED) is 0.802. The summed E-state index contributed by atoms with van der Waals surface area (Å²) in [6.07, 6.45) is 3.90. The van der Waals surface area contributed by atoms with Crippen molar-refractivity contribution in [2.45, 2.75) is 34.1 Å². The Morgan fingerprint density at radius 3 is 2.22 bits per heavy atom. The van der Waals surface area contributed by atoms with Gasteiger partial charge in [-0.3, -0.25) is 0 Å². The molecule has 6 heteroatoms. The second-order valence-corrected chi connectivity index (χ2v) is 5.25. The average Bonchev–Trinajstić information content (AvgIpc) is 3.04. The highest BCUT2D eigenvalue weighted by molar-refractivity contribution is 5.93. The summed E-state index contributed by atoms with van der Waals surface area (Å²) in [5.74, 6) is -0.683. The molecule has 0 radical (unpaired) electrons. The van der Waals surface area contributed by atoms with E-state index in [0.717, 1.165) is 22.5 Å². The van der Waals surface area contributed by atoms with Crippen LogP contribution in [-0.2, 0) is 15.9 Å². The van der Waals surface area contributed by atoms with Crippen LogP contribution in [0.2, 0.25) is 0 Å². The summed E-state index contributed by atoms with van der Waals surface area (Å²) < 4.78 is 10.1. The smallest absolute Gasteiger partial charge is 0.340 e. The average molecular weight is 318 g/mol. The molecule has 0 atom stereocenters. The molecule has 6 nitrogen and oxygen atoms in total. The van der Waals surface area contributed by atoms with Gasteiger partial charge in [-0.1, -0.05) is 0 Å². The summed E-state index contributed by atoms with van der Waals surface area (Å²) in [5.41, 5.74) is 4.36. The van der Waals surface area contributed by atoms with Gasteiger partial charge in [-0.15, -0.1) is 0 Å². The predicted octanol–water partition coefficient (Wildman–Crippen LogP) is 2.90. The van der Waals surface area contributed by atoms with Crippen molar-refractivity contribution >= 4 is 11.9 Å². The maximum absolute atomic E-state index is 12.1. The van der Waals surface area contributed by atoms with Gasteiger partial charge in [-0.25, -0.2) is 9.59 Å². The Balaban J connectivity index is 2.27. The second kappa shape index (κ2) is 7.17. The lowest BCUT2D eigenvalue weighted by atomic mass is 10.1. The molecule has 2 N–H and O–H groups in total. The number of ether oxygens (including phenoxy) is 2. The third kappa shape index (κ3) is 3.47. The van der Waals surface area contributed by atoms with Crippen LogP contribution in [0.15, 0.2) is 12.4 Å². The first-order valence-corrected chi connectivity index (χ1v) is 7.67. The highest BCUT2D eigenvalue weighted by atomic mass is 16.5. The number of esters is 2. The van der Waals surface area contributed by atoms with Crippen LogP contribution >= 0.6 is 0 Å². The first-order chi connectivity index (χ1) is 11.0. The zero-order chi connectivity index (χ0) is 17.0. The van der Waals surface area contributed by atoms with E-state index in [0.29, 0.717) is 30.8 Å². The summed E-state index contributed by atoms with van der Waals surface area (Å²) >= 11 is 0. The number of H-pyrrole nitrogens is 2. The monoisotopic (exact) mass is 318 g/mol. The summed E-state index contributed by atoms with van der Waals surface area (Å²) in [6.45, 7) is 7.93. The van der Waals surface area contributed by atoms with Gasteiger partial charge in [0.2, 0.25) is 0 Å². The molecule has 0 unspecified atom stereocenters. The van der Waals surface area contributed by atoms with E-state index in [9.17, 15) is 9.59 Å². The predicted molar refractivity (Wildman–Crippen MR) is 85.8 cm³/mol. The summed E-state index contributed by atoms with van der Waals surface area (Å²) in [6, 6.07) is 0. The molecule has 0 saturated carbocycles. The minimum atomic E-state index is -0.346. The van der Waals surface area contributed by atoms with Crippen LogP contribution in [0.4, 0.5) is 0 Å². The van der Waals surface area contributed by atoms with Gasteiger partial charge in [0.25, 0.3) is 0 Å². The van der Waals surface area contributed by atoms with Crippen molar-refractivity contribution in [3.8, 4) is 0 Å². The van der Waals surface area contributed by atoms with Crippen LogP contribution in [0.5, 0.6) is 0 Å². The van der Waals surface area contributed by atoms with E-state index in [1.165, 1.54) is 0 Å². The van der Waals surface area contributed by atoms with Crippen LogP contribution in [0.25, 0.3) is 0 Å². The van der Waals surface area contributed by atoms with Gasteiger partial charge in [0.05, 0.1) is 24.3 Å². The molecule has 0 saturated heterocycles. The van der Waals surface area contributed by atoms with Crippen molar-refractivity contribution in [2.75, 3.05) is 13.2 Å². The number of hydrogen-bond acceptors (Lipinski definition) is 4. The SMILES string of the molecule is CCOC(=O)c1c[nH]c(Cc2[nH]cc(C)c2C(=O)OCC)c1C. The third-order valence-corrected chi connectivity index (χ3v) is 3.73. The Bertz CT molecular complexity index is 712. The molecule has 0 aliphatic carbocycles. The minimum absolute atomic E-state index is 0.331. The number of aromatic amines is 2. The van der Waals surface area contributed by atoms with Gasteiger partial charge in [-0.05, 0) is 38.8 Å². The molecule has 0 aliphatic heterocycles. The molecule has 0 fully saturated rings. The third-order valence-electron chi connectivity index (χ3n) is 3.73. The molecule has 0 aliphatic rings. The maximum atomic E-state index is 12.1. The second-order valence-electron chi connectivity index (χ2n) is 5.25. The number of rotatable bonds is 6. The molecule has 2 heterocycles. The number of aromatic nitrogens is 2. The normalized spacial score (nSPS) is 10.6. The van der Waals surface area contributed by atoms with E-state index < -0.39 is 0 Å². The highest BCUT2D eigenvalue weighted by Crippen LogP contribution is 2.21. The van der Waals surface area contributed by atoms with Crippen molar-refractivity contribution in [1.82, 2.24) is 9.97 Å². The Morgan fingerprint density at radius 1 is 0.957 bits per heavy atom. The van der Waals surface area contributed by atoms with Gasteiger partial charge in [0.15, 0.2) is 0 Å². The molecule has 23 heavy (non-hydrogen) atoms. The van der Waals surface area contributed by atoms with Crippen molar-refractivity contribution in [3.63, 3.8) is 0 Å². The van der Waals surface area contributed by atoms with E-state index >= 15 is 0 Å². The van der Waals surface area contributed by atoms with Gasteiger partial charge in [-0.2, -0.15) is 0 Å². The molecule has 2 aromatic heterocycles. The van der Waals surface area contributed by atoms with E-state index in [2.05, 4.69) is 9.97 Å². The molecular weight excluding hydrogens is 296 g/mol. The number of aryl methyl sites for hydroxylation is 1. The lowest BCUT2D eigenvalue weighted by molar-refractivity contribution is 0.0515.